The van der Waals surface area contributed by atoms with E-state index in [1.54, 1.807) is 65.9 Å². The van der Waals surface area contributed by atoms with Crippen LogP contribution in [0.15, 0.2) is 72.2 Å². The third-order valence-electron chi connectivity index (χ3n) is 11.9. The zero-order valence-electron chi connectivity index (χ0n) is 39.9. The summed E-state index contributed by atoms with van der Waals surface area (Å²) in [7, 11) is 0. The van der Waals surface area contributed by atoms with Crippen molar-refractivity contribution in [2.24, 2.45) is 5.41 Å². The lowest BCUT2D eigenvalue weighted by Gasteiger charge is -2.35. The number of thiazole rings is 1. The Kier molecular flexibility index (Phi) is 17.4. The zero-order valence-corrected chi connectivity index (χ0v) is 41.6. The van der Waals surface area contributed by atoms with Crippen LogP contribution in [0.25, 0.3) is 10.4 Å². The monoisotopic (exact) mass is 1010 g/mol. The fourth-order valence-corrected chi connectivity index (χ4v) is 9.49. The normalized spacial score (nSPS) is 17.4. The first-order valence-electron chi connectivity index (χ1n) is 22.8. The van der Waals surface area contributed by atoms with Crippen molar-refractivity contribution in [1.29, 1.82) is 5.26 Å². The highest BCUT2D eigenvalue weighted by atomic mass is 32.1. The summed E-state index contributed by atoms with van der Waals surface area (Å²) < 4.78 is 58.3. The van der Waals surface area contributed by atoms with E-state index >= 15 is 0 Å². The lowest BCUT2D eigenvalue weighted by atomic mass is 9.85. The molecule has 3 atom stereocenters. The smallest absolute Gasteiger partial charge is 0.417 e. The van der Waals surface area contributed by atoms with Crippen molar-refractivity contribution in [3.63, 3.8) is 0 Å². The Morgan fingerprint density at radius 3 is 2.27 bits per heavy atom. The van der Waals surface area contributed by atoms with E-state index < -0.39 is 64.2 Å². The number of unbranched alkanes of at least 4 members (excludes halogenated alkanes) is 1. The largest absolute Gasteiger partial charge is 0.494 e. The number of alkyl halides is 3. The molecule has 2 aliphatic heterocycles. The molecule has 4 amide bonds. The number of nitriles is 1. The Balaban J connectivity index is 0.867. The molecular formula is C50H58F3N7O8S2. The first-order chi connectivity index (χ1) is 33.1. The molecule has 2 fully saturated rings. The van der Waals surface area contributed by atoms with E-state index in [4.69, 9.17) is 26.4 Å². The van der Waals surface area contributed by atoms with Crippen LogP contribution in [0, 0.1) is 23.7 Å². The van der Waals surface area contributed by atoms with Gasteiger partial charge in [0.2, 0.25) is 17.7 Å². The number of benzene rings is 3. The summed E-state index contributed by atoms with van der Waals surface area (Å²) in [4.78, 5) is 63.2. The Hall–Kier alpha value is -5.98. The van der Waals surface area contributed by atoms with Gasteiger partial charge in [0.1, 0.15) is 30.0 Å². The van der Waals surface area contributed by atoms with E-state index in [9.17, 15) is 42.7 Å². The van der Waals surface area contributed by atoms with E-state index in [1.807, 2.05) is 52.0 Å². The van der Waals surface area contributed by atoms with E-state index in [0.717, 1.165) is 38.7 Å². The number of aromatic nitrogens is 1. The fourth-order valence-electron chi connectivity index (χ4n) is 8.16. The molecule has 3 heterocycles. The van der Waals surface area contributed by atoms with Gasteiger partial charge in [-0.15, -0.1) is 11.3 Å². The molecule has 0 saturated carbocycles. The average Bonchev–Trinajstić information content (AvgIpc) is 3.98. The second-order valence-corrected chi connectivity index (χ2v) is 19.9. The van der Waals surface area contributed by atoms with Crippen molar-refractivity contribution in [3.8, 4) is 22.3 Å². The predicted molar refractivity (Wildman–Crippen MR) is 262 cm³/mol. The van der Waals surface area contributed by atoms with Crippen LogP contribution in [-0.4, -0.2) is 107 Å². The van der Waals surface area contributed by atoms with E-state index in [-0.39, 0.29) is 49.4 Å². The third-order valence-corrected chi connectivity index (χ3v) is 13.3. The average molecular weight is 1010 g/mol. The fraction of sp³-hybridized carbons (Fsp3) is 0.460. The van der Waals surface area contributed by atoms with Crippen LogP contribution >= 0.6 is 23.6 Å². The standard InChI is InChI=1S/C50H58F3N7O8S2/c1-31-42(70-30-56-31)33-12-10-32(11-13-33)27-55-44(63)40-25-37(61)28-58(40)45(64)43(48(2,3)4)57-41(62)29-67-22-9-21-66-20-7-8-23-68-38-18-16-35(17-19-38)60-47(69)59(46(65)49(60,5)6)36-15-14-34(26-54)39(24-36)50(51,52)53/h10-19,24,30,37,40,43,61H,7-9,20-23,25,27-29H2,1-6H3,(H,55,63)(H,57,62)/t37-,40+,43?/m1/s1. The lowest BCUT2D eigenvalue weighted by molar-refractivity contribution is -0.144. The van der Waals surface area contributed by atoms with Crippen LogP contribution in [0.1, 0.15) is 82.7 Å². The van der Waals surface area contributed by atoms with Gasteiger partial charge >= 0.3 is 6.18 Å². The van der Waals surface area contributed by atoms with Gasteiger partial charge in [-0.2, -0.15) is 18.4 Å². The van der Waals surface area contributed by atoms with Crippen LogP contribution in [0.4, 0.5) is 24.5 Å². The summed E-state index contributed by atoms with van der Waals surface area (Å²) >= 11 is 7.18. The topological polar surface area (TPSA) is 187 Å². The van der Waals surface area contributed by atoms with Crippen LogP contribution in [0.2, 0.25) is 0 Å². The minimum Gasteiger partial charge on any atom is -0.494 e. The number of thiocarbonyl (C=S) groups is 1. The Morgan fingerprint density at radius 1 is 0.971 bits per heavy atom. The molecule has 0 radical (unpaired) electrons. The van der Waals surface area contributed by atoms with Gasteiger partial charge < -0.3 is 39.8 Å². The number of hydrogen-bond donors (Lipinski definition) is 3. The Bertz CT molecular complexity index is 2560. The maximum Gasteiger partial charge on any atom is 0.417 e. The van der Waals surface area contributed by atoms with Crippen LogP contribution in [-0.2, 0) is 41.4 Å². The molecule has 0 aliphatic carbocycles. The molecule has 3 aromatic carbocycles. The molecule has 1 unspecified atom stereocenters. The van der Waals surface area contributed by atoms with Gasteiger partial charge in [-0.25, -0.2) is 4.98 Å². The summed E-state index contributed by atoms with van der Waals surface area (Å²) in [6.07, 6.45) is -3.69. The minimum atomic E-state index is -4.80. The second kappa shape index (κ2) is 22.8. The number of hydrogen-bond acceptors (Lipinski definition) is 12. The van der Waals surface area contributed by atoms with Crippen molar-refractivity contribution in [2.75, 3.05) is 49.4 Å². The molecule has 1 aromatic heterocycles. The quantitative estimate of drug-likeness (QED) is 0.0593. The Labute approximate surface area is 414 Å². The molecule has 0 bridgehead atoms. The van der Waals surface area contributed by atoms with Gasteiger partial charge in [-0.05, 0) is 111 Å². The summed E-state index contributed by atoms with van der Waals surface area (Å²) in [5, 5.41) is 25.4. The SMILES string of the molecule is Cc1ncsc1-c1ccc(CNC(=O)[C@@H]2C[C@@H](O)CN2C(=O)C(NC(=O)COCCCOCCCCOc2ccc(N3C(=S)N(c4ccc(C#N)c(C(F)(F)F)c4)C(=O)C3(C)C)cc2)C(C)(C)C)cc1. The molecule has 6 rings (SSSR count). The first-order valence-corrected chi connectivity index (χ1v) is 24.1. The highest BCUT2D eigenvalue weighted by molar-refractivity contribution is 7.81. The van der Waals surface area contributed by atoms with Crippen LogP contribution in [0.3, 0.4) is 0 Å². The molecule has 4 aromatic rings. The van der Waals surface area contributed by atoms with Crippen molar-refractivity contribution >= 4 is 63.7 Å². The van der Waals surface area contributed by atoms with Gasteiger partial charge in [0.15, 0.2) is 5.11 Å². The molecule has 0 spiro atoms. The van der Waals surface area contributed by atoms with Gasteiger partial charge in [-0.1, -0.05) is 45.0 Å². The van der Waals surface area contributed by atoms with Crippen molar-refractivity contribution in [2.45, 2.75) is 104 Å². The first kappa shape index (κ1) is 53.4. The predicted octanol–water partition coefficient (Wildman–Crippen LogP) is 7.32. The maximum atomic E-state index is 13.9. The molecular weight excluding hydrogens is 948 g/mol. The number of amides is 4. The molecule has 2 aliphatic rings. The van der Waals surface area contributed by atoms with Gasteiger partial charge in [-0.3, -0.25) is 24.1 Å². The van der Waals surface area contributed by atoms with Gasteiger partial charge in [0, 0.05) is 45.0 Å². The summed E-state index contributed by atoms with van der Waals surface area (Å²) in [6.45, 7) is 12.1. The Morgan fingerprint density at radius 2 is 1.63 bits per heavy atom. The molecule has 70 heavy (non-hydrogen) atoms. The maximum absolute atomic E-state index is 13.9. The summed E-state index contributed by atoms with van der Waals surface area (Å²) in [5.41, 5.74) is 1.46. The zero-order chi connectivity index (χ0) is 51.0. The molecule has 3 N–H and O–H groups in total. The van der Waals surface area contributed by atoms with E-state index in [2.05, 4.69) is 15.6 Å². The van der Waals surface area contributed by atoms with Crippen molar-refractivity contribution < 1.29 is 51.7 Å². The van der Waals surface area contributed by atoms with Crippen LogP contribution in [0.5, 0.6) is 5.75 Å². The van der Waals surface area contributed by atoms with Crippen LogP contribution < -0.4 is 25.2 Å². The van der Waals surface area contributed by atoms with Crippen molar-refractivity contribution in [3.05, 3.63) is 94.6 Å². The minimum absolute atomic E-state index is 0.00684. The number of ether oxygens (including phenoxy) is 3. The number of aliphatic hydroxyl groups excluding tert-OH is 1. The van der Waals surface area contributed by atoms with Crippen molar-refractivity contribution in [1.82, 2.24) is 20.5 Å². The molecule has 2 saturated heterocycles. The second-order valence-electron chi connectivity index (χ2n) is 18.7. The summed E-state index contributed by atoms with van der Waals surface area (Å²) in [6, 6.07) is 17.4. The number of aliphatic hydroxyl groups is 1. The number of halogens is 3. The number of nitrogens with zero attached hydrogens (tertiary/aromatic N) is 5. The van der Waals surface area contributed by atoms with Gasteiger partial charge in [0.25, 0.3) is 5.91 Å². The number of aryl methyl sites for hydroxylation is 1. The number of anilines is 2. The number of β-amino-alcohol motifs (C(OH)–C–C–N with tert-alkyl or cyclic N) is 1. The number of carbonyl (C=O) groups is 4. The molecule has 15 nitrogen and oxygen atoms in total. The van der Waals surface area contributed by atoms with E-state index in [1.165, 1.54) is 11.0 Å². The highest BCUT2D eigenvalue weighted by Gasteiger charge is 2.51. The number of carbonyl (C=O) groups excluding carboxylic acids is 4. The molecule has 20 heteroatoms. The number of likely N-dealkylation sites (tertiary alicyclic amines) is 1. The number of rotatable bonds is 20. The van der Waals surface area contributed by atoms with E-state index in [0.29, 0.717) is 50.5 Å². The van der Waals surface area contributed by atoms with Gasteiger partial charge in [0.05, 0.1) is 51.7 Å². The summed E-state index contributed by atoms with van der Waals surface area (Å²) in [5.74, 6) is -1.30. The highest BCUT2D eigenvalue weighted by Crippen LogP contribution is 2.40. The third kappa shape index (κ3) is 12.9. The number of nitrogens with one attached hydrogen (secondary N) is 2. The lowest BCUT2D eigenvalue weighted by Crippen LogP contribution is -2.58. The molecule has 374 valence electrons.